The number of carbonyl (C=O) groups excluding carboxylic acids is 2. The highest BCUT2D eigenvalue weighted by atomic mass is 19.1. The van der Waals surface area contributed by atoms with Crippen molar-refractivity contribution in [2.24, 2.45) is 0 Å². The zero-order valence-electron chi connectivity index (χ0n) is 9.91. The summed E-state index contributed by atoms with van der Waals surface area (Å²) in [7, 11) is 1.39. The second-order valence-electron chi connectivity index (χ2n) is 3.61. The van der Waals surface area contributed by atoms with Gasteiger partial charge in [-0.2, -0.15) is 0 Å². The van der Waals surface area contributed by atoms with Gasteiger partial charge in [-0.25, -0.2) is 4.39 Å². The number of halogens is 1. The molecule has 0 fully saturated rings. The summed E-state index contributed by atoms with van der Waals surface area (Å²) in [6, 6.07) is 3.62. The zero-order valence-corrected chi connectivity index (χ0v) is 9.91. The molecule has 17 heavy (non-hydrogen) atoms. The second kappa shape index (κ2) is 5.54. The third kappa shape index (κ3) is 3.35. The fourth-order valence-electron chi connectivity index (χ4n) is 1.27. The van der Waals surface area contributed by atoms with E-state index >= 15 is 0 Å². The normalized spacial score (nSPS) is 12.0. The molecule has 1 N–H and O–H groups in total. The van der Waals surface area contributed by atoms with Gasteiger partial charge in [-0.15, -0.1) is 0 Å². The second-order valence-corrected chi connectivity index (χ2v) is 3.61. The quantitative estimate of drug-likeness (QED) is 0.817. The zero-order chi connectivity index (χ0) is 13.0. The van der Waals surface area contributed by atoms with E-state index in [0.29, 0.717) is 0 Å². The van der Waals surface area contributed by atoms with Gasteiger partial charge in [-0.05, 0) is 32.0 Å². The van der Waals surface area contributed by atoms with Gasteiger partial charge in [0.2, 0.25) is 0 Å². The maximum Gasteiger partial charge on any atom is 0.253 e. The standard InChI is InChI=1S/C12H14FNO3/c1-7(15)10-5-4-9(13)6-11(10)14-12(16)8(2)17-3/h4-6,8H,1-3H3,(H,14,16). The van der Waals surface area contributed by atoms with E-state index in [-0.39, 0.29) is 17.0 Å². The molecule has 0 bridgehead atoms. The number of ether oxygens (including phenoxy) is 1. The van der Waals surface area contributed by atoms with Crippen molar-refractivity contribution < 1.29 is 18.7 Å². The summed E-state index contributed by atoms with van der Waals surface area (Å²) in [6.07, 6.45) is -0.668. The Hall–Kier alpha value is -1.75. The molecular weight excluding hydrogens is 225 g/mol. The average Bonchev–Trinajstić information content (AvgIpc) is 2.27. The number of ketones is 1. The molecule has 0 aliphatic heterocycles. The molecule has 1 aromatic rings. The number of hydrogen-bond acceptors (Lipinski definition) is 3. The van der Waals surface area contributed by atoms with Crippen LogP contribution in [0.5, 0.6) is 0 Å². The summed E-state index contributed by atoms with van der Waals surface area (Å²) < 4.78 is 17.9. The van der Waals surface area contributed by atoms with Crippen molar-refractivity contribution >= 4 is 17.4 Å². The molecule has 0 aliphatic carbocycles. The SMILES string of the molecule is COC(C)C(=O)Nc1cc(F)ccc1C(C)=O. The molecule has 5 heteroatoms. The number of rotatable bonds is 4. The summed E-state index contributed by atoms with van der Waals surface area (Å²) in [5, 5.41) is 2.46. The highest BCUT2D eigenvalue weighted by Crippen LogP contribution is 2.18. The first-order valence-corrected chi connectivity index (χ1v) is 5.10. The van der Waals surface area contributed by atoms with E-state index in [9.17, 15) is 14.0 Å². The molecule has 0 saturated heterocycles. The first-order valence-electron chi connectivity index (χ1n) is 5.10. The molecule has 0 radical (unpaired) electrons. The van der Waals surface area contributed by atoms with Gasteiger partial charge in [0, 0.05) is 12.7 Å². The van der Waals surface area contributed by atoms with Crippen molar-refractivity contribution in [3.8, 4) is 0 Å². The Labute approximate surface area is 98.8 Å². The van der Waals surface area contributed by atoms with Crippen LogP contribution in [0.1, 0.15) is 24.2 Å². The number of amides is 1. The van der Waals surface area contributed by atoms with Gasteiger partial charge in [0.1, 0.15) is 11.9 Å². The smallest absolute Gasteiger partial charge is 0.253 e. The molecule has 1 aromatic carbocycles. The fourth-order valence-corrected chi connectivity index (χ4v) is 1.27. The first-order chi connectivity index (χ1) is 7.95. The van der Waals surface area contributed by atoms with Gasteiger partial charge in [-0.3, -0.25) is 9.59 Å². The van der Waals surface area contributed by atoms with Crippen molar-refractivity contribution in [2.75, 3.05) is 12.4 Å². The van der Waals surface area contributed by atoms with E-state index in [4.69, 9.17) is 4.74 Å². The molecule has 92 valence electrons. The summed E-state index contributed by atoms with van der Waals surface area (Å²) in [4.78, 5) is 22.9. The maximum absolute atomic E-state index is 13.1. The fraction of sp³-hybridized carbons (Fsp3) is 0.333. The summed E-state index contributed by atoms with van der Waals surface area (Å²) in [6.45, 7) is 2.91. The first kappa shape index (κ1) is 13.3. The van der Waals surface area contributed by atoms with E-state index in [0.717, 1.165) is 6.07 Å². The number of benzene rings is 1. The predicted molar refractivity (Wildman–Crippen MR) is 61.5 cm³/mol. The van der Waals surface area contributed by atoms with Crippen molar-refractivity contribution in [1.82, 2.24) is 0 Å². The minimum atomic E-state index is -0.668. The van der Waals surface area contributed by atoms with Crippen LogP contribution >= 0.6 is 0 Å². The van der Waals surface area contributed by atoms with Gasteiger partial charge in [0.25, 0.3) is 5.91 Å². The average molecular weight is 239 g/mol. The van der Waals surface area contributed by atoms with Crippen LogP contribution < -0.4 is 5.32 Å². The van der Waals surface area contributed by atoms with Crippen molar-refractivity contribution in [3.05, 3.63) is 29.6 Å². The number of carbonyl (C=O) groups is 2. The van der Waals surface area contributed by atoms with Crippen LogP contribution in [0.15, 0.2) is 18.2 Å². The highest BCUT2D eigenvalue weighted by Gasteiger charge is 2.15. The van der Waals surface area contributed by atoms with Crippen LogP contribution in [0.2, 0.25) is 0 Å². The number of anilines is 1. The van der Waals surface area contributed by atoms with Crippen LogP contribution in [-0.2, 0) is 9.53 Å². The third-order valence-electron chi connectivity index (χ3n) is 2.34. The van der Waals surface area contributed by atoms with Gasteiger partial charge in [0.15, 0.2) is 5.78 Å². The summed E-state index contributed by atoms with van der Waals surface area (Å²) >= 11 is 0. The number of nitrogens with one attached hydrogen (secondary N) is 1. The lowest BCUT2D eigenvalue weighted by molar-refractivity contribution is -0.124. The molecule has 4 nitrogen and oxygen atoms in total. The Morgan fingerprint density at radius 1 is 1.41 bits per heavy atom. The van der Waals surface area contributed by atoms with Gasteiger partial charge >= 0.3 is 0 Å². The minimum Gasteiger partial charge on any atom is -0.372 e. The largest absolute Gasteiger partial charge is 0.372 e. The lowest BCUT2D eigenvalue weighted by atomic mass is 10.1. The summed E-state index contributed by atoms with van der Waals surface area (Å²) in [5.74, 6) is -1.19. The Bertz CT molecular complexity index is 445. The monoisotopic (exact) mass is 239 g/mol. The third-order valence-corrected chi connectivity index (χ3v) is 2.34. The molecule has 0 spiro atoms. The van der Waals surface area contributed by atoms with E-state index in [1.54, 1.807) is 6.92 Å². The van der Waals surface area contributed by atoms with Crippen LogP contribution in [0.3, 0.4) is 0 Å². The van der Waals surface area contributed by atoms with Gasteiger partial charge in [0.05, 0.1) is 5.69 Å². The number of methoxy groups -OCH3 is 1. The van der Waals surface area contributed by atoms with Gasteiger partial charge < -0.3 is 10.1 Å². The van der Waals surface area contributed by atoms with Crippen molar-refractivity contribution in [1.29, 1.82) is 0 Å². The topological polar surface area (TPSA) is 55.4 Å². The Balaban J connectivity index is 3.00. The minimum absolute atomic E-state index is 0.159. The molecule has 0 heterocycles. The van der Waals surface area contributed by atoms with E-state index in [1.807, 2.05) is 0 Å². The van der Waals surface area contributed by atoms with Gasteiger partial charge in [-0.1, -0.05) is 0 Å². The summed E-state index contributed by atoms with van der Waals surface area (Å²) in [5.41, 5.74) is 0.425. The van der Waals surface area contributed by atoms with E-state index < -0.39 is 17.8 Å². The molecule has 1 atom stereocenters. The molecular formula is C12H14FNO3. The molecule has 1 amide bonds. The van der Waals surface area contributed by atoms with Crippen LogP contribution in [0.25, 0.3) is 0 Å². The molecule has 1 rings (SSSR count). The Kier molecular flexibility index (Phi) is 4.34. The number of Topliss-reactive ketones (excluding diaryl/α,β-unsaturated/α-hetero) is 1. The molecule has 1 unspecified atom stereocenters. The molecule has 0 aliphatic rings. The Morgan fingerprint density at radius 3 is 2.59 bits per heavy atom. The van der Waals surface area contributed by atoms with E-state index in [1.165, 1.54) is 26.2 Å². The lowest BCUT2D eigenvalue weighted by Crippen LogP contribution is -2.27. The molecule has 0 aromatic heterocycles. The number of hydrogen-bond donors (Lipinski definition) is 1. The van der Waals surface area contributed by atoms with Crippen LogP contribution in [0, 0.1) is 5.82 Å². The van der Waals surface area contributed by atoms with Crippen LogP contribution in [-0.4, -0.2) is 24.9 Å². The maximum atomic E-state index is 13.1. The van der Waals surface area contributed by atoms with E-state index in [2.05, 4.69) is 5.32 Å². The van der Waals surface area contributed by atoms with Crippen molar-refractivity contribution in [2.45, 2.75) is 20.0 Å². The lowest BCUT2D eigenvalue weighted by Gasteiger charge is -2.12. The molecule has 0 saturated carbocycles. The Morgan fingerprint density at radius 2 is 2.06 bits per heavy atom. The highest BCUT2D eigenvalue weighted by molar-refractivity contribution is 6.04. The predicted octanol–water partition coefficient (Wildman–Crippen LogP) is 2.00. The van der Waals surface area contributed by atoms with Crippen LogP contribution in [0.4, 0.5) is 10.1 Å². The van der Waals surface area contributed by atoms with Crippen molar-refractivity contribution in [3.63, 3.8) is 0 Å².